The number of ether oxygens (including phenoxy) is 1. The minimum absolute atomic E-state index is 0.451. The van der Waals surface area contributed by atoms with Crippen molar-refractivity contribution in [3.05, 3.63) is 59.4 Å². The van der Waals surface area contributed by atoms with Gasteiger partial charge in [-0.15, -0.1) is 0 Å². The molecule has 1 unspecified atom stereocenters. The molecule has 0 bridgehead atoms. The van der Waals surface area contributed by atoms with Crippen molar-refractivity contribution in [3.8, 4) is 5.75 Å². The lowest BCUT2D eigenvalue weighted by molar-refractivity contribution is 0.286. The second-order valence-electron chi connectivity index (χ2n) is 5.88. The summed E-state index contributed by atoms with van der Waals surface area (Å²) in [6.45, 7) is 5.88. The maximum absolute atomic E-state index is 5.91. The first kappa shape index (κ1) is 15.9. The molecule has 0 aliphatic rings. The summed E-state index contributed by atoms with van der Waals surface area (Å²) in [6, 6.07) is 15.7. The average molecular weight is 329 g/mol. The molecule has 0 saturated heterocycles. The minimum atomic E-state index is 0.451. The highest BCUT2D eigenvalue weighted by atomic mass is 35.5. The number of hydrogen-bond donors (Lipinski definition) is 0. The van der Waals surface area contributed by atoms with Crippen LogP contribution in [0.15, 0.2) is 48.5 Å². The zero-order valence-corrected chi connectivity index (χ0v) is 14.3. The van der Waals surface area contributed by atoms with Gasteiger partial charge in [-0.05, 0) is 42.3 Å². The van der Waals surface area contributed by atoms with Crippen molar-refractivity contribution in [1.29, 1.82) is 0 Å². The fourth-order valence-corrected chi connectivity index (χ4v) is 2.68. The van der Waals surface area contributed by atoms with Crippen molar-refractivity contribution < 1.29 is 4.74 Å². The lowest BCUT2D eigenvalue weighted by Gasteiger charge is -2.14. The van der Waals surface area contributed by atoms with Crippen LogP contribution < -0.4 is 4.74 Å². The molecule has 0 aliphatic carbocycles. The first-order valence-electron chi connectivity index (χ1n) is 8.00. The number of halogens is 1. The molecule has 0 radical (unpaired) electrons. The highest BCUT2D eigenvalue weighted by Crippen LogP contribution is 2.21. The fraction of sp³-hybridized carbons (Fsp3) is 0.316. The number of aromatic nitrogens is 2. The van der Waals surface area contributed by atoms with Crippen molar-refractivity contribution in [2.75, 3.05) is 0 Å². The lowest BCUT2D eigenvalue weighted by atomic mass is 10.1. The van der Waals surface area contributed by atoms with Crippen LogP contribution in [0.3, 0.4) is 0 Å². The van der Waals surface area contributed by atoms with Gasteiger partial charge in [0.25, 0.3) is 0 Å². The number of imidazole rings is 1. The van der Waals surface area contributed by atoms with Crippen molar-refractivity contribution >= 4 is 22.6 Å². The van der Waals surface area contributed by atoms with Gasteiger partial charge in [0, 0.05) is 11.6 Å². The quantitative estimate of drug-likeness (QED) is 0.612. The van der Waals surface area contributed by atoms with Crippen LogP contribution in [0.2, 0.25) is 5.02 Å². The van der Waals surface area contributed by atoms with E-state index in [1.807, 2.05) is 36.4 Å². The largest absolute Gasteiger partial charge is 0.486 e. The van der Waals surface area contributed by atoms with Gasteiger partial charge in [-0.3, -0.25) is 0 Å². The predicted molar refractivity (Wildman–Crippen MR) is 95.0 cm³/mol. The number of rotatable bonds is 6. The minimum Gasteiger partial charge on any atom is -0.486 e. The molecule has 2 aromatic carbocycles. The van der Waals surface area contributed by atoms with E-state index in [1.54, 1.807) is 0 Å². The van der Waals surface area contributed by atoms with Crippen LogP contribution in [0.25, 0.3) is 11.0 Å². The summed E-state index contributed by atoms with van der Waals surface area (Å²) in [6.07, 6.45) is 1.14. The van der Waals surface area contributed by atoms with Crippen LogP contribution in [0.4, 0.5) is 0 Å². The molecule has 1 atom stereocenters. The third-order valence-corrected chi connectivity index (χ3v) is 4.36. The molecule has 1 heterocycles. The SMILES string of the molecule is CCC(C)Cn1c(COc2ccc(Cl)cc2)nc2ccccc21. The van der Waals surface area contributed by atoms with Crippen molar-refractivity contribution in [2.45, 2.75) is 33.4 Å². The molecule has 0 N–H and O–H groups in total. The summed E-state index contributed by atoms with van der Waals surface area (Å²) in [7, 11) is 0. The smallest absolute Gasteiger partial charge is 0.148 e. The molecule has 4 heteroatoms. The number of para-hydroxylation sites is 2. The Morgan fingerprint density at radius 3 is 2.61 bits per heavy atom. The number of nitrogens with zero attached hydrogens (tertiary/aromatic N) is 2. The van der Waals surface area contributed by atoms with Crippen molar-refractivity contribution in [2.24, 2.45) is 5.92 Å². The second kappa shape index (κ2) is 7.05. The van der Waals surface area contributed by atoms with Gasteiger partial charge in [-0.25, -0.2) is 4.98 Å². The molecule has 0 fully saturated rings. The second-order valence-corrected chi connectivity index (χ2v) is 6.32. The normalized spacial score (nSPS) is 12.5. The van der Waals surface area contributed by atoms with Gasteiger partial charge >= 0.3 is 0 Å². The van der Waals surface area contributed by atoms with E-state index in [1.165, 1.54) is 5.52 Å². The van der Waals surface area contributed by atoms with Crippen LogP contribution in [0, 0.1) is 5.92 Å². The molecule has 0 saturated carbocycles. The molecule has 0 aliphatic heterocycles. The summed E-state index contributed by atoms with van der Waals surface area (Å²) >= 11 is 5.91. The van der Waals surface area contributed by atoms with E-state index < -0.39 is 0 Å². The van der Waals surface area contributed by atoms with Crippen LogP contribution in [-0.2, 0) is 13.2 Å². The maximum atomic E-state index is 5.91. The summed E-state index contributed by atoms with van der Waals surface area (Å²) < 4.78 is 8.17. The van der Waals surface area contributed by atoms with Crippen molar-refractivity contribution in [3.63, 3.8) is 0 Å². The Kier molecular flexibility index (Phi) is 4.87. The molecular weight excluding hydrogens is 308 g/mol. The molecule has 0 spiro atoms. The molecular formula is C19H21ClN2O. The van der Waals surface area contributed by atoms with Crippen molar-refractivity contribution in [1.82, 2.24) is 9.55 Å². The van der Waals surface area contributed by atoms with E-state index in [2.05, 4.69) is 30.5 Å². The van der Waals surface area contributed by atoms with Crippen LogP contribution >= 0.6 is 11.6 Å². The molecule has 3 aromatic rings. The maximum Gasteiger partial charge on any atom is 0.148 e. The van der Waals surface area contributed by atoms with Gasteiger partial charge in [-0.2, -0.15) is 0 Å². The lowest BCUT2D eigenvalue weighted by Crippen LogP contribution is -2.12. The Morgan fingerprint density at radius 1 is 1.13 bits per heavy atom. The highest BCUT2D eigenvalue weighted by Gasteiger charge is 2.13. The van der Waals surface area contributed by atoms with E-state index in [9.17, 15) is 0 Å². The van der Waals surface area contributed by atoms with Gasteiger partial charge in [0.05, 0.1) is 11.0 Å². The average Bonchev–Trinajstić information content (AvgIpc) is 2.92. The molecule has 23 heavy (non-hydrogen) atoms. The van der Waals surface area contributed by atoms with Gasteiger partial charge in [0.15, 0.2) is 0 Å². The van der Waals surface area contributed by atoms with Crippen LogP contribution in [0.1, 0.15) is 26.1 Å². The van der Waals surface area contributed by atoms with Crippen LogP contribution in [-0.4, -0.2) is 9.55 Å². The molecule has 120 valence electrons. The Morgan fingerprint density at radius 2 is 1.87 bits per heavy atom. The summed E-state index contributed by atoms with van der Waals surface area (Å²) in [5, 5.41) is 0.710. The Bertz CT molecular complexity index is 780. The fourth-order valence-electron chi connectivity index (χ4n) is 2.56. The monoisotopic (exact) mass is 328 g/mol. The predicted octanol–water partition coefficient (Wildman–Crippen LogP) is 5.31. The third kappa shape index (κ3) is 3.67. The third-order valence-electron chi connectivity index (χ3n) is 4.11. The summed E-state index contributed by atoms with van der Waals surface area (Å²) in [5.41, 5.74) is 2.19. The van der Waals surface area contributed by atoms with E-state index in [0.29, 0.717) is 17.5 Å². The van der Waals surface area contributed by atoms with Crippen LogP contribution in [0.5, 0.6) is 5.75 Å². The standard InChI is InChI=1S/C19H21ClN2O/c1-3-14(2)12-22-18-7-5-4-6-17(18)21-19(22)13-23-16-10-8-15(20)9-11-16/h4-11,14H,3,12-13H2,1-2H3. The van der Waals surface area contributed by atoms with E-state index in [0.717, 1.165) is 30.1 Å². The van der Waals surface area contributed by atoms with E-state index >= 15 is 0 Å². The van der Waals surface area contributed by atoms with Gasteiger partial charge < -0.3 is 9.30 Å². The Balaban J connectivity index is 1.86. The zero-order chi connectivity index (χ0) is 16.2. The number of benzene rings is 2. The Labute approximate surface area is 141 Å². The molecule has 1 aromatic heterocycles. The topological polar surface area (TPSA) is 27.1 Å². The molecule has 3 rings (SSSR count). The van der Waals surface area contributed by atoms with Gasteiger partial charge in [-0.1, -0.05) is 44.0 Å². The number of hydrogen-bond acceptors (Lipinski definition) is 2. The zero-order valence-electron chi connectivity index (χ0n) is 13.5. The summed E-state index contributed by atoms with van der Waals surface area (Å²) in [4.78, 5) is 4.74. The summed E-state index contributed by atoms with van der Waals surface area (Å²) in [5.74, 6) is 2.36. The first-order valence-corrected chi connectivity index (χ1v) is 8.37. The molecule has 0 amide bonds. The van der Waals surface area contributed by atoms with Gasteiger partial charge in [0.2, 0.25) is 0 Å². The Hall–Kier alpha value is -2.00. The molecule has 3 nitrogen and oxygen atoms in total. The van der Waals surface area contributed by atoms with E-state index in [4.69, 9.17) is 21.3 Å². The van der Waals surface area contributed by atoms with E-state index in [-0.39, 0.29) is 0 Å². The van der Waals surface area contributed by atoms with Gasteiger partial charge in [0.1, 0.15) is 18.2 Å². The highest BCUT2D eigenvalue weighted by molar-refractivity contribution is 6.30. The number of fused-ring (bicyclic) bond motifs is 1. The first-order chi connectivity index (χ1) is 11.2.